The standard InChI is InChI=1S/C15H24O/c1-5-6-7-11(2)14-9-8-12(3)15(10-14)13(4)16/h8-9,12,15H,5-7,10H2,1-4H3/b14-11+/t12-,15+/m0/s1. The van der Waals surface area contributed by atoms with Crippen molar-refractivity contribution >= 4 is 5.78 Å². The minimum absolute atomic E-state index is 0.205. The van der Waals surface area contributed by atoms with Crippen LogP contribution in [-0.2, 0) is 4.79 Å². The number of hydrogen-bond acceptors (Lipinski definition) is 1. The Kier molecular flexibility index (Phi) is 4.98. The van der Waals surface area contributed by atoms with Crippen LogP contribution in [0.15, 0.2) is 23.3 Å². The van der Waals surface area contributed by atoms with Crippen molar-refractivity contribution in [3.63, 3.8) is 0 Å². The summed E-state index contributed by atoms with van der Waals surface area (Å²) in [6.45, 7) is 8.29. The smallest absolute Gasteiger partial charge is 0.133 e. The van der Waals surface area contributed by atoms with Gasteiger partial charge in [0.15, 0.2) is 0 Å². The van der Waals surface area contributed by atoms with E-state index in [2.05, 4.69) is 32.9 Å². The van der Waals surface area contributed by atoms with Crippen LogP contribution >= 0.6 is 0 Å². The molecule has 2 atom stereocenters. The fourth-order valence-corrected chi connectivity index (χ4v) is 2.33. The Balaban J connectivity index is 2.77. The molecule has 0 saturated carbocycles. The highest BCUT2D eigenvalue weighted by Crippen LogP contribution is 2.31. The minimum atomic E-state index is 0.205. The van der Waals surface area contributed by atoms with Gasteiger partial charge in [-0.1, -0.05) is 38.0 Å². The molecule has 0 N–H and O–H groups in total. The molecule has 0 aromatic rings. The summed E-state index contributed by atoms with van der Waals surface area (Å²) in [7, 11) is 0. The van der Waals surface area contributed by atoms with Crippen molar-refractivity contribution in [1.82, 2.24) is 0 Å². The van der Waals surface area contributed by atoms with Crippen molar-refractivity contribution in [2.45, 2.75) is 53.4 Å². The summed E-state index contributed by atoms with van der Waals surface area (Å²) in [5, 5.41) is 0. The molecule has 1 rings (SSSR count). The van der Waals surface area contributed by atoms with Crippen LogP contribution in [0.25, 0.3) is 0 Å². The second kappa shape index (κ2) is 6.03. The Hall–Kier alpha value is -0.850. The Labute approximate surface area is 99.6 Å². The van der Waals surface area contributed by atoms with Crippen LogP contribution in [0.4, 0.5) is 0 Å². The third-order valence-corrected chi connectivity index (χ3v) is 3.65. The van der Waals surface area contributed by atoms with Crippen molar-refractivity contribution in [2.24, 2.45) is 11.8 Å². The molecule has 1 aliphatic rings. The summed E-state index contributed by atoms with van der Waals surface area (Å²) >= 11 is 0. The van der Waals surface area contributed by atoms with Crippen LogP contribution < -0.4 is 0 Å². The van der Waals surface area contributed by atoms with Gasteiger partial charge in [-0.25, -0.2) is 0 Å². The molecular formula is C15H24O. The zero-order valence-electron chi connectivity index (χ0n) is 11.0. The summed E-state index contributed by atoms with van der Waals surface area (Å²) in [5.74, 6) is 0.939. The monoisotopic (exact) mass is 220 g/mol. The van der Waals surface area contributed by atoms with Gasteiger partial charge in [-0.3, -0.25) is 4.79 Å². The maximum atomic E-state index is 11.5. The van der Waals surface area contributed by atoms with Gasteiger partial charge in [0.05, 0.1) is 0 Å². The van der Waals surface area contributed by atoms with Gasteiger partial charge in [-0.2, -0.15) is 0 Å². The van der Waals surface area contributed by atoms with E-state index in [0.717, 1.165) is 6.42 Å². The van der Waals surface area contributed by atoms with Crippen LogP contribution in [0.5, 0.6) is 0 Å². The number of carbonyl (C=O) groups is 1. The third-order valence-electron chi connectivity index (χ3n) is 3.65. The van der Waals surface area contributed by atoms with E-state index in [1.54, 1.807) is 6.92 Å². The lowest BCUT2D eigenvalue weighted by atomic mass is 9.79. The highest BCUT2D eigenvalue weighted by atomic mass is 16.1. The number of unbranched alkanes of at least 4 members (excludes halogenated alkanes) is 1. The van der Waals surface area contributed by atoms with E-state index in [0.29, 0.717) is 11.7 Å². The number of ketones is 1. The number of rotatable bonds is 4. The maximum Gasteiger partial charge on any atom is 0.133 e. The maximum absolute atomic E-state index is 11.5. The Morgan fingerprint density at radius 2 is 2.12 bits per heavy atom. The molecule has 0 fully saturated rings. The van der Waals surface area contributed by atoms with Gasteiger partial charge in [-0.15, -0.1) is 0 Å². The molecule has 1 nitrogen and oxygen atoms in total. The third kappa shape index (κ3) is 3.33. The molecule has 0 heterocycles. The van der Waals surface area contributed by atoms with Crippen molar-refractivity contribution < 1.29 is 4.79 Å². The lowest BCUT2D eigenvalue weighted by Gasteiger charge is -2.25. The molecule has 0 unspecified atom stereocenters. The predicted molar refractivity (Wildman–Crippen MR) is 69.3 cm³/mol. The summed E-state index contributed by atoms with van der Waals surface area (Å²) in [6.07, 6.45) is 9.04. The van der Waals surface area contributed by atoms with Crippen molar-refractivity contribution in [3.8, 4) is 0 Å². The zero-order chi connectivity index (χ0) is 12.1. The molecule has 1 aliphatic carbocycles. The minimum Gasteiger partial charge on any atom is -0.300 e. The van der Waals surface area contributed by atoms with E-state index in [1.807, 2.05) is 0 Å². The fourth-order valence-electron chi connectivity index (χ4n) is 2.33. The van der Waals surface area contributed by atoms with Gasteiger partial charge >= 0.3 is 0 Å². The summed E-state index contributed by atoms with van der Waals surface area (Å²) in [6, 6.07) is 0. The second-order valence-electron chi connectivity index (χ2n) is 5.05. The molecule has 0 amide bonds. The lowest BCUT2D eigenvalue weighted by molar-refractivity contribution is -0.121. The normalized spacial score (nSPS) is 28.0. The topological polar surface area (TPSA) is 17.1 Å². The molecule has 0 aromatic heterocycles. The first-order chi connectivity index (χ1) is 7.56. The van der Waals surface area contributed by atoms with E-state index >= 15 is 0 Å². The number of allylic oxidation sites excluding steroid dienone is 4. The Morgan fingerprint density at radius 3 is 2.69 bits per heavy atom. The largest absolute Gasteiger partial charge is 0.300 e. The summed E-state index contributed by atoms with van der Waals surface area (Å²) in [5.41, 5.74) is 2.86. The molecule has 0 radical (unpaired) electrons. The number of carbonyl (C=O) groups excluding carboxylic acids is 1. The van der Waals surface area contributed by atoms with Crippen LogP contribution in [-0.4, -0.2) is 5.78 Å². The lowest BCUT2D eigenvalue weighted by Crippen LogP contribution is -2.21. The van der Waals surface area contributed by atoms with Gasteiger partial charge in [0.2, 0.25) is 0 Å². The van der Waals surface area contributed by atoms with E-state index in [-0.39, 0.29) is 5.92 Å². The van der Waals surface area contributed by atoms with E-state index in [4.69, 9.17) is 0 Å². The van der Waals surface area contributed by atoms with Crippen molar-refractivity contribution in [1.29, 1.82) is 0 Å². The predicted octanol–water partition coefficient (Wildman–Crippen LogP) is 4.29. The molecule has 0 saturated heterocycles. The highest BCUT2D eigenvalue weighted by Gasteiger charge is 2.24. The van der Waals surface area contributed by atoms with Crippen molar-refractivity contribution in [2.75, 3.05) is 0 Å². The van der Waals surface area contributed by atoms with E-state index < -0.39 is 0 Å². The average molecular weight is 220 g/mol. The highest BCUT2D eigenvalue weighted by molar-refractivity contribution is 5.79. The average Bonchev–Trinajstić information content (AvgIpc) is 2.26. The Bertz CT molecular complexity index is 309. The molecule has 0 spiro atoms. The SMILES string of the molecule is CCCC/C(C)=C1\C=C[C@H](C)[C@H](C(C)=O)C1. The molecule has 0 aliphatic heterocycles. The van der Waals surface area contributed by atoms with Crippen LogP contribution in [0.1, 0.15) is 53.4 Å². The van der Waals surface area contributed by atoms with Gasteiger partial charge in [0, 0.05) is 5.92 Å². The first-order valence-corrected chi connectivity index (χ1v) is 6.43. The summed E-state index contributed by atoms with van der Waals surface area (Å²) in [4.78, 5) is 11.5. The number of Topliss-reactive ketones (excluding diaryl/α,β-unsaturated/α-hetero) is 1. The first kappa shape index (κ1) is 13.2. The van der Waals surface area contributed by atoms with Crippen LogP contribution in [0.3, 0.4) is 0 Å². The van der Waals surface area contributed by atoms with Crippen molar-refractivity contribution in [3.05, 3.63) is 23.3 Å². The molecule has 90 valence electrons. The van der Waals surface area contributed by atoms with E-state index in [9.17, 15) is 4.79 Å². The van der Waals surface area contributed by atoms with Gasteiger partial charge < -0.3 is 0 Å². The van der Waals surface area contributed by atoms with Gasteiger partial charge in [0.25, 0.3) is 0 Å². The first-order valence-electron chi connectivity index (χ1n) is 6.43. The quantitative estimate of drug-likeness (QED) is 0.690. The second-order valence-corrected chi connectivity index (χ2v) is 5.05. The fraction of sp³-hybridized carbons (Fsp3) is 0.667. The molecule has 0 bridgehead atoms. The molecule has 0 aromatic carbocycles. The Morgan fingerprint density at radius 1 is 1.44 bits per heavy atom. The molecule has 16 heavy (non-hydrogen) atoms. The number of hydrogen-bond donors (Lipinski definition) is 0. The van der Waals surface area contributed by atoms with Gasteiger partial charge in [-0.05, 0) is 44.6 Å². The molecular weight excluding hydrogens is 196 g/mol. The molecule has 1 heteroatoms. The van der Waals surface area contributed by atoms with Crippen LogP contribution in [0.2, 0.25) is 0 Å². The summed E-state index contributed by atoms with van der Waals surface area (Å²) < 4.78 is 0. The zero-order valence-corrected chi connectivity index (χ0v) is 11.0. The van der Waals surface area contributed by atoms with Gasteiger partial charge in [0.1, 0.15) is 5.78 Å². The van der Waals surface area contributed by atoms with Crippen LogP contribution in [0, 0.1) is 11.8 Å². The van der Waals surface area contributed by atoms with E-state index in [1.165, 1.54) is 30.4 Å².